The first-order chi connectivity index (χ1) is 9.15. The fraction of sp³-hybridized carbons (Fsp3) is 0.333. The lowest BCUT2D eigenvalue weighted by Gasteiger charge is -2.08. The second-order valence-corrected chi connectivity index (χ2v) is 3.92. The number of hydrogen-bond donors (Lipinski definition) is 1. The summed E-state index contributed by atoms with van der Waals surface area (Å²) in [7, 11) is 0. The first kappa shape index (κ1) is 13.0. The summed E-state index contributed by atoms with van der Waals surface area (Å²) in [4.78, 5) is 19.1. The molecule has 0 saturated carbocycles. The SMILES string of the molecule is CCNc1cc([N+](=O)[O-])cc(-n2ccnc2CC)n1. The molecular weight excluding hydrogens is 246 g/mol. The standard InChI is InChI=1S/C12H15N5O2/c1-3-11-14-5-6-16(11)12-8-9(17(18)19)7-10(15-12)13-4-2/h5-8H,3-4H2,1-2H3,(H,13,15). The van der Waals surface area contributed by atoms with Crippen molar-refractivity contribution in [1.29, 1.82) is 0 Å². The van der Waals surface area contributed by atoms with Crippen molar-refractivity contribution in [1.82, 2.24) is 14.5 Å². The Labute approximate surface area is 110 Å². The van der Waals surface area contributed by atoms with Crippen molar-refractivity contribution >= 4 is 11.5 Å². The van der Waals surface area contributed by atoms with Crippen LogP contribution in [0.4, 0.5) is 11.5 Å². The fourth-order valence-corrected chi connectivity index (χ4v) is 1.81. The molecule has 7 nitrogen and oxygen atoms in total. The lowest BCUT2D eigenvalue weighted by atomic mass is 10.3. The Kier molecular flexibility index (Phi) is 3.74. The molecule has 2 rings (SSSR count). The van der Waals surface area contributed by atoms with Crippen LogP contribution in [0, 0.1) is 10.1 Å². The molecule has 1 N–H and O–H groups in total. The van der Waals surface area contributed by atoms with Crippen LogP contribution in [0.25, 0.3) is 5.82 Å². The minimum absolute atomic E-state index is 0.0108. The van der Waals surface area contributed by atoms with Gasteiger partial charge in [-0.25, -0.2) is 9.97 Å². The lowest BCUT2D eigenvalue weighted by Crippen LogP contribution is -2.06. The van der Waals surface area contributed by atoms with Crippen LogP contribution in [0.1, 0.15) is 19.7 Å². The Hall–Kier alpha value is -2.44. The molecule has 0 aliphatic carbocycles. The molecule has 2 aromatic heterocycles. The van der Waals surface area contributed by atoms with E-state index in [1.54, 1.807) is 17.0 Å². The van der Waals surface area contributed by atoms with Gasteiger partial charge in [0.25, 0.3) is 5.69 Å². The summed E-state index contributed by atoms with van der Waals surface area (Å²) in [5, 5.41) is 14.0. The molecule has 0 saturated heterocycles. The number of aromatic nitrogens is 3. The van der Waals surface area contributed by atoms with Crippen molar-refractivity contribution in [3.8, 4) is 5.82 Å². The highest BCUT2D eigenvalue weighted by Gasteiger charge is 2.13. The second kappa shape index (κ2) is 5.47. The van der Waals surface area contributed by atoms with Crippen molar-refractivity contribution in [3.63, 3.8) is 0 Å². The molecule has 2 heterocycles. The molecule has 2 aromatic rings. The minimum atomic E-state index is -0.422. The van der Waals surface area contributed by atoms with Gasteiger partial charge < -0.3 is 5.32 Å². The molecule has 0 atom stereocenters. The number of pyridine rings is 1. The molecule has 0 fully saturated rings. The average molecular weight is 261 g/mol. The maximum atomic E-state index is 11.0. The van der Waals surface area contributed by atoms with Gasteiger partial charge in [0.2, 0.25) is 0 Å². The fourth-order valence-electron chi connectivity index (χ4n) is 1.81. The first-order valence-electron chi connectivity index (χ1n) is 6.08. The van der Waals surface area contributed by atoms with Gasteiger partial charge in [-0.2, -0.15) is 0 Å². The van der Waals surface area contributed by atoms with Gasteiger partial charge >= 0.3 is 0 Å². The summed E-state index contributed by atoms with van der Waals surface area (Å²) in [6, 6.07) is 2.87. The predicted molar refractivity (Wildman–Crippen MR) is 71.6 cm³/mol. The van der Waals surface area contributed by atoms with Crippen LogP contribution >= 0.6 is 0 Å². The summed E-state index contributed by atoms with van der Waals surface area (Å²) in [6.07, 6.45) is 4.14. The van der Waals surface area contributed by atoms with Crippen molar-refractivity contribution in [2.75, 3.05) is 11.9 Å². The molecule has 0 spiro atoms. The van der Waals surface area contributed by atoms with Gasteiger partial charge in [0.15, 0.2) is 0 Å². The van der Waals surface area contributed by atoms with E-state index in [0.29, 0.717) is 18.2 Å². The van der Waals surface area contributed by atoms with Crippen LogP contribution in [0.15, 0.2) is 24.5 Å². The zero-order valence-electron chi connectivity index (χ0n) is 10.8. The molecular formula is C12H15N5O2. The number of nitrogens with zero attached hydrogens (tertiary/aromatic N) is 4. The first-order valence-corrected chi connectivity index (χ1v) is 6.08. The van der Waals surface area contributed by atoms with Crippen molar-refractivity contribution in [3.05, 3.63) is 40.5 Å². The molecule has 0 radical (unpaired) electrons. The summed E-state index contributed by atoms with van der Waals surface area (Å²) in [5.74, 6) is 1.80. The quantitative estimate of drug-likeness (QED) is 0.658. The van der Waals surface area contributed by atoms with Crippen molar-refractivity contribution in [2.24, 2.45) is 0 Å². The maximum absolute atomic E-state index is 11.0. The highest BCUT2D eigenvalue weighted by Crippen LogP contribution is 2.21. The zero-order chi connectivity index (χ0) is 13.8. The number of imidazole rings is 1. The monoisotopic (exact) mass is 261 g/mol. The largest absolute Gasteiger partial charge is 0.370 e. The van der Waals surface area contributed by atoms with Crippen LogP contribution in [0.3, 0.4) is 0 Å². The Morgan fingerprint density at radius 1 is 1.42 bits per heavy atom. The topological polar surface area (TPSA) is 85.9 Å². The molecule has 100 valence electrons. The third kappa shape index (κ3) is 2.70. The van der Waals surface area contributed by atoms with Crippen molar-refractivity contribution < 1.29 is 4.92 Å². The van der Waals surface area contributed by atoms with Crippen LogP contribution in [0.2, 0.25) is 0 Å². The Balaban J connectivity index is 2.52. The number of anilines is 1. The summed E-state index contributed by atoms with van der Waals surface area (Å²) < 4.78 is 1.76. The van der Waals surface area contributed by atoms with Gasteiger partial charge in [-0.1, -0.05) is 6.92 Å². The van der Waals surface area contributed by atoms with E-state index in [4.69, 9.17) is 0 Å². The van der Waals surface area contributed by atoms with Gasteiger partial charge in [0.1, 0.15) is 17.5 Å². The second-order valence-electron chi connectivity index (χ2n) is 3.92. The van der Waals surface area contributed by atoms with E-state index >= 15 is 0 Å². The normalized spacial score (nSPS) is 10.4. The van der Waals surface area contributed by atoms with Gasteiger partial charge in [0.05, 0.1) is 17.1 Å². The molecule has 19 heavy (non-hydrogen) atoms. The van der Waals surface area contributed by atoms with E-state index in [0.717, 1.165) is 12.2 Å². The van der Waals surface area contributed by atoms with E-state index in [1.807, 2.05) is 13.8 Å². The summed E-state index contributed by atoms with van der Waals surface area (Å²) in [6.45, 7) is 4.54. The molecule has 0 amide bonds. The third-order valence-corrected chi connectivity index (χ3v) is 2.65. The van der Waals surface area contributed by atoms with Crippen LogP contribution in [-0.2, 0) is 6.42 Å². The molecule has 0 bridgehead atoms. The van der Waals surface area contributed by atoms with Crippen molar-refractivity contribution in [2.45, 2.75) is 20.3 Å². The smallest absolute Gasteiger partial charge is 0.276 e. The minimum Gasteiger partial charge on any atom is -0.370 e. The number of rotatable bonds is 5. The molecule has 0 unspecified atom stereocenters. The van der Waals surface area contributed by atoms with Gasteiger partial charge in [-0.3, -0.25) is 14.7 Å². The van der Waals surface area contributed by atoms with Gasteiger partial charge in [-0.05, 0) is 6.92 Å². The molecule has 0 aliphatic rings. The Morgan fingerprint density at radius 2 is 2.21 bits per heavy atom. The average Bonchev–Trinajstić information content (AvgIpc) is 2.87. The molecule has 0 aromatic carbocycles. The number of hydrogen-bond acceptors (Lipinski definition) is 5. The molecule has 7 heteroatoms. The van der Waals surface area contributed by atoms with Crippen LogP contribution < -0.4 is 5.32 Å². The number of aryl methyl sites for hydroxylation is 1. The number of nitrogens with one attached hydrogen (secondary N) is 1. The van der Waals surface area contributed by atoms with Gasteiger partial charge in [-0.15, -0.1) is 0 Å². The number of nitro groups is 1. The van der Waals surface area contributed by atoms with E-state index in [2.05, 4.69) is 15.3 Å². The van der Waals surface area contributed by atoms with Crippen LogP contribution in [-0.4, -0.2) is 26.0 Å². The van der Waals surface area contributed by atoms with E-state index in [9.17, 15) is 10.1 Å². The summed E-state index contributed by atoms with van der Waals surface area (Å²) in [5.41, 5.74) is 0.0108. The van der Waals surface area contributed by atoms with Gasteiger partial charge in [0, 0.05) is 25.4 Å². The van der Waals surface area contributed by atoms with E-state index in [1.165, 1.54) is 12.1 Å². The highest BCUT2D eigenvalue weighted by molar-refractivity contribution is 5.50. The Morgan fingerprint density at radius 3 is 2.84 bits per heavy atom. The third-order valence-electron chi connectivity index (χ3n) is 2.65. The predicted octanol–water partition coefficient (Wildman–Crippen LogP) is 2.17. The van der Waals surface area contributed by atoms with E-state index < -0.39 is 4.92 Å². The summed E-state index contributed by atoms with van der Waals surface area (Å²) >= 11 is 0. The zero-order valence-corrected chi connectivity index (χ0v) is 10.8. The maximum Gasteiger partial charge on any atom is 0.276 e. The lowest BCUT2D eigenvalue weighted by molar-refractivity contribution is -0.384. The molecule has 0 aliphatic heterocycles. The van der Waals surface area contributed by atoms with E-state index in [-0.39, 0.29) is 5.69 Å². The Bertz CT molecular complexity index is 594. The van der Waals surface area contributed by atoms with Crippen LogP contribution in [0.5, 0.6) is 0 Å². The highest BCUT2D eigenvalue weighted by atomic mass is 16.6.